The van der Waals surface area contributed by atoms with E-state index < -0.39 is 6.10 Å². The van der Waals surface area contributed by atoms with Crippen molar-refractivity contribution < 1.29 is 5.11 Å². The normalized spacial score (nSPS) is 12.8. The molecule has 0 saturated heterocycles. The first-order valence-electron chi connectivity index (χ1n) is 5.18. The summed E-state index contributed by atoms with van der Waals surface area (Å²) in [7, 11) is 0. The van der Waals surface area contributed by atoms with E-state index in [-0.39, 0.29) is 5.15 Å². The smallest absolute Gasteiger partial charge is 0.157 e. The minimum absolute atomic E-state index is 0.218. The fourth-order valence-corrected chi connectivity index (χ4v) is 1.49. The first-order valence-corrected chi connectivity index (χ1v) is 5.56. The molecular formula is C10H17ClN4O. The molecule has 1 unspecified atom stereocenters. The predicted octanol–water partition coefficient (Wildman–Crippen LogP) is 1.53. The molecule has 5 nitrogen and oxygen atoms in total. The molecule has 0 radical (unpaired) electrons. The summed E-state index contributed by atoms with van der Waals surface area (Å²) in [6, 6.07) is 0. The second-order valence-electron chi connectivity index (χ2n) is 4.09. The van der Waals surface area contributed by atoms with Crippen molar-refractivity contribution in [1.29, 1.82) is 0 Å². The summed E-state index contributed by atoms with van der Waals surface area (Å²) in [4.78, 5) is 7.69. The molecule has 1 atom stereocenters. The van der Waals surface area contributed by atoms with Gasteiger partial charge < -0.3 is 16.2 Å². The zero-order valence-electron chi connectivity index (χ0n) is 9.44. The van der Waals surface area contributed by atoms with Gasteiger partial charge in [0, 0.05) is 6.54 Å². The van der Waals surface area contributed by atoms with Gasteiger partial charge in [-0.15, -0.1) is 0 Å². The van der Waals surface area contributed by atoms with Gasteiger partial charge in [0.15, 0.2) is 11.0 Å². The van der Waals surface area contributed by atoms with Crippen molar-refractivity contribution in [3.8, 4) is 0 Å². The highest BCUT2D eigenvalue weighted by Crippen LogP contribution is 2.21. The van der Waals surface area contributed by atoms with Gasteiger partial charge in [-0.2, -0.15) is 0 Å². The molecule has 0 spiro atoms. The maximum atomic E-state index is 9.66. The SMILES string of the molecule is CC(C)CC(O)CNc1ncnc(Cl)c1N. The lowest BCUT2D eigenvalue weighted by molar-refractivity contribution is 0.161. The molecule has 0 aromatic carbocycles. The van der Waals surface area contributed by atoms with Crippen LogP contribution in [0.5, 0.6) is 0 Å². The minimum Gasteiger partial charge on any atom is -0.393 e. The number of aliphatic hydroxyl groups is 1. The number of nitrogens with two attached hydrogens (primary N) is 1. The molecule has 1 rings (SSSR count). The van der Waals surface area contributed by atoms with Crippen LogP contribution in [0.4, 0.5) is 11.5 Å². The van der Waals surface area contributed by atoms with Crippen LogP contribution in [0.3, 0.4) is 0 Å². The number of hydrogen-bond acceptors (Lipinski definition) is 5. The van der Waals surface area contributed by atoms with E-state index in [1.807, 2.05) is 0 Å². The Morgan fingerprint density at radius 1 is 1.50 bits per heavy atom. The lowest BCUT2D eigenvalue weighted by Gasteiger charge is -2.15. The molecule has 6 heteroatoms. The van der Waals surface area contributed by atoms with Crippen LogP contribution >= 0.6 is 11.6 Å². The van der Waals surface area contributed by atoms with Crippen LogP contribution in [0.1, 0.15) is 20.3 Å². The Hall–Kier alpha value is -1.07. The average molecular weight is 245 g/mol. The Bertz CT molecular complexity index is 346. The quantitative estimate of drug-likeness (QED) is 0.684. The number of aromatic nitrogens is 2. The van der Waals surface area contributed by atoms with E-state index >= 15 is 0 Å². The van der Waals surface area contributed by atoms with E-state index in [2.05, 4.69) is 29.1 Å². The molecule has 1 aromatic heterocycles. The number of nitrogens with zero attached hydrogens (tertiary/aromatic N) is 2. The van der Waals surface area contributed by atoms with Crippen LogP contribution in [0.15, 0.2) is 6.33 Å². The third-order valence-electron chi connectivity index (χ3n) is 2.08. The molecule has 0 aliphatic heterocycles. The molecule has 0 aliphatic rings. The summed E-state index contributed by atoms with van der Waals surface area (Å²) in [5, 5.41) is 12.8. The fraction of sp³-hybridized carbons (Fsp3) is 0.600. The van der Waals surface area contributed by atoms with Crippen LogP contribution < -0.4 is 11.1 Å². The van der Waals surface area contributed by atoms with Gasteiger partial charge >= 0.3 is 0 Å². The van der Waals surface area contributed by atoms with Crippen LogP contribution in [-0.2, 0) is 0 Å². The van der Waals surface area contributed by atoms with Crippen molar-refractivity contribution in [2.24, 2.45) is 5.92 Å². The summed E-state index contributed by atoms with van der Waals surface area (Å²) in [5.41, 5.74) is 5.98. The van der Waals surface area contributed by atoms with Crippen molar-refractivity contribution in [3.63, 3.8) is 0 Å². The summed E-state index contributed by atoms with van der Waals surface area (Å²) in [6.07, 6.45) is 1.63. The third kappa shape index (κ3) is 3.83. The van der Waals surface area contributed by atoms with Crippen LogP contribution in [-0.4, -0.2) is 27.7 Å². The standard InChI is InChI=1S/C10H17ClN4O/c1-6(2)3-7(16)4-13-10-8(12)9(11)14-5-15-10/h5-7,16H,3-4,12H2,1-2H3,(H,13,14,15). The van der Waals surface area contributed by atoms with Gasteiger partial charge in [-0.1, -0.05) is 25.4 Å². The van der Waals surface area contributed by atoms with Gasteiger partial charge in [-0.3, -0.25) is 0 Å². The largest absolute Gasteiger partial charge is 0.393 e. The molecule has 4 N–H and O–H groups in total. The Balaban J connectivity index is 2.51. The molecule has 1 heterocycles. The molecule has 0 fully saturated rings. The number of halogens is 1. The highest BCUT2D eigenvalue weighted by Gasteiger charge is 2.09. The van der Waals surface area contributed by atoms with Crippen molar-refractivity contribution >= 4 is 23.1 Å². The van der Waals surface area contributed by atoms with Crippen LogP contribution in [0.2, 0.25) is 5.15 Å². The van der Waals surface area contributed by atoms with Gasteiger partial charge in [-0.25, -0.2) is 9.97 Å². The Labute approximate surface area is 100 Å². The number of rotatable bonds is 5. The molecule has 1 aromatic rings. The Morgan fingerprint density at radius 3 is 2.81 bits per heavy atom. The summed E-state index contributed by atoms with van der Waals surface area (Å²) >= 11 is 5.73. The van der Waals surface area contributed by atoms with Gasteiger partial charge in [0.25, 0.3) is 0 Å². The second kappa shape index (κ2) is 5.86. The number of nitrogens with one attached hydrogen (secondary N) is 1. The molecule has 0 bridgehead atoms. The van der Waals surface area contributed by atoms with E-state index in [0.29, 0.717) is 24.0 Å². The topological polar surface area (TPSA) is 84.1 Å². The van der Waals surface area contributed by atoms with Crippen molar-refractivity contribution in [2.45, 2.75) is 26.4 Å². The molecule has 0 amide bonds. The van der Waals surface area contributed by atoms with E-state index in [1.54, 1.807) is 0 Å². The molecule has 0 saturated carbocycles. The minimum atomic E-state index is -0.423. The first kappa shape index (κ1) is 13.0. The molecule has 90 valence electrons. The van der Waals surface area contributed by atoms with E-state index in [1.165, 1.54) is 6.33 Å². The van der Waals surface area contributed by atoms with Crippen LogP contribution in [0, 0.1) is 5.92 Å². The van der Waals surface area contributed by atoms with E-state index in [0.717, 1.165) is 6.42 Å². The van der Waals surface area contributed by atoms with Crippen LogP contribution in [0.25, 0.3) is 0 Å². The Kier molecular flexibility index (Phi) is 4.76. The molecular weight excluding hydrogens is 228 g/mol. The van der Waals surface area contributed by atoms with Gasteiger partial charge in [0.1, 0.15) is 12.0 Å². The highest BCUT2D eigenvalue weighted by atomic mass is 35.5. The van der Waals surface area contributed by atoms with E-state index in [9.17, 15) is 5.11 Å². The number of aliphatic hydroxyl groups excluding tert-OH is 1. The molecule has 0 aliphatic carbocycles. The van der Waals surface area contributed by atoms with Gasteiger partial charge in [0.05, 0.1) is 6.10 Å². The monoisotopic (exact) mass is 244 g/mol. The van der Waals surface area contributed by atoms with Gasteiger partial charge in [0.2, 0.25) is 0 Å². The highest BCUT2D eigenvalue weighted by molar-refractivity contribution is 6.32. The summed E-state index contributed by atoms with van der Waals surface area (Å²) in [5.74, 6) is 0.908. The van der Waals surface area contributed by atoms with Crippen molar-refractivity contribution in [3.05, 3.63) is 11.5 Å². The average Bonchev–Trinajstić information content (AvgIpc) is 2.19. The zero-order valence-corrected chi connectivity index (χ0v) is 10.2. The lowest BCUT2D eigenvalue weighted by Crippen LogP contribution is -2.22. The molecule has 16 heavy (non-hydrogen) atoms. The predicted molar refractivity (Wildman–Crippen MR) is 65.4 cm³/mol. The van der Waals surface area contributed by atoms with E-state index in [4.69, 9.17) is 17.3 Å². The summed E-state index contributed by atoms with van der Waals surface area (Å²) in [6.45, 7) is 4.51. The van der Waals surface area contributed by atoms with Crippen molar-refractivity contribution in [2.75, 3.05) is 17.6 Å². The maximum Gasteiger partial charge on any atom is 0.157 e. The number of nitrogen functional groups attached to an aromatic ring is 1. The Morgan fingerprint density at radius 2 is 2.19 bits per heavy atom. The number of hydrogen-bond donors (Lipinski definition) is 3. The first-order chi connectivity index (χ1) is 7.50. The summed E-state index contributed by atoms with van der Waals surface area (Å²) < 4.78 is 0. The van der Waals surface area contributed by atoms with Gasteiger partial charge in [-0.05, 0) is 12.3 Å². The zero-order chi connectivity index (χ0) is 12.1. The third-order valence-corrected chi connectivity index (χ3v) is 2.39. The maximum absolute atomic E-state index is 9.66. The lowest BCUT2D eigenvalue weighted by atomic mass is 10.1. The van der Waals surface area contributed by atoms with Crippen molar-refractivity contribution in [1.82, 2.24) is 9.97 Å². The second-order valence-corrected chi connectivity index (χ2v) is 4.45. The fourth-order valence-electron chi connectivity index (χ4n) is 1.36. The number of anilines is 2.